The maximum absolute atomic E-state index is 13.8. The van der Waals surface area contributed by atoms with Crippen LogP contribution in [0, 0.1) is 6.92 Å². The quantitative estimate of drug-likeness (QED) is 0.252. The number of nitrogens with zero attached hydrogens (tertiary/aromatic N) is 1. The second-order valence-electron chi connectivity index (χ2n) is 10.0. The fourth-order valence-corrected chi connectivity index (χ4v) is 5.44. The molecule has 0 saturated heterocycles. The van der Waals surface area contributed by atoms with Crippen LogP contribution in [0.4, 0.5) is 0 Å². The summed E-state index contributed by atoms with van der Waals surface area (Å²) in [6.07, 6.45) is 5.67. The monoisotopic (exact) mass is 630 g/mol. The molecule has 0 unspecified atom stereocenters. The Morgan fingerprint density at radius 1 is 0.974 bits per heavy atom. The van der Waals surface area contributed by atoms with Crippen molar-refractivity contribution in [3.63, 3.8) is 0 Å². The number of benzene rings is 3. The highest BCUT2D eigenvalue weighted by Crippen LogP contribution is 2.26. The van der Waals surface area contributed by atoms with Gasteiger partial charge >= 0.3 is 0 Å². The van der Waals surface area contributed by atoms with Crippen molar-refractivity contribution >= 4 is 50.9 Å². The van der Waals surface area contributed by atoms with Crippen molar-refractivity contribution in [2.24, 2.45) is 0 Å². The zero-order valence-corrected chi connectivity index (χ0v) is 25.1. The van der Waals surface area contributed by atoms with E-state index in [4.69, 9.17) is 27.9 Å². The van der Waals surface area contributed by atoms with Crippen molar-refractivity contribution in [1.29, 1.82) is 0 Å². The molecule has 1 saturated carbocycles. The van der Waals surface area contributed by atoms with Gasteiger partial charge in [-0.1, -0.05) is 94.8 Å². The molecule has 1 aliphatic carbocycles. The van der Waals surface area contributed by atoms with Crippen LogP contribution in [0.1, 0.15) is 48.8 Å². The first-order chi connectivity index (χ1) is 18.8. The zero-order chi connectivity index (χ0) is 27.8. The van der Waals surface area contributed by atoms with E-state index in [0.29, 0.717) is 22.2 Å². The van der Waals surface area contributed by atoms with Crippen molar-refractivity contribution in [3.05, 3.63) is 97.9 Å². The minimum Gasteiger partial charge on any atom is -0.484 e. The van der Waals surface area contributed by atoms with Crippen LogP contribution in [0.25, 0.3) is 0 Å². The topological polar surface area (TPSA) is 58.6 Å². The van der Waals surface area contributed by atoms with Crippen molar-refractivity contribution in [2.75, 3.05) is 6.61 Å². The summed E-state index contributed by atoms with van der Waals surface area (Å²) in [7, 11) is 0. The minimum absolute atomic E-state index is 0.119. The first kappa shape index (κ1) is 29.4. The van der Waals surface area contributed by atoms with Crippen LogP contribution >= 0.6 is 39.1 Å². The molecule has 0 radical (unpaired) electrons. The molecule has 1 atom stereocenters. The summed E-state index contributed by atoms with van der Waals surface area (Å²) in [5, 5.41) is 4.07. The first-order valence-corrected chi connectivity index (χ1v) is 14.8. The Bertz CT molecular complexity index is 1280. The summed E-state index contributed by atoms with van der Waals surface area (Å²) < 4.78 is 6.87. The average Bonchev–Trinajstić information content (AvgIpc) is 2.94. The predicted octanol–water partition coefficient (Wildman–Crippen LogP) is 7.53. The molecule has 0 heterocycles. The molecule has 3 aromatic rings. The van der Waals surface area contributed by atoms with E-state index < -0.39 is 6.04 Å². The number of amides is 2. The van der Waals surface area contributed by atoms with E-state index in [2.05, 4.69) is 21.2 Å². The molecule has 0 bridgehead atoms. The van der Waals surface area contributed by atoms with Gasteiger partial charge in [-0.3, -0.25) is 9.59 Å². The molecule has 3 aromatic carbocycles. The highest BCUT2D eigenvalue weighted by Gasteiger charge is 2.32. The third-order valence-corrected chi connectivity index (χ3v) is 8.68. The van der Waals surface area contributed by atoms with Crippen LogP contribution in [0.2, 0.25) is 10.0 Å². The standard InChI is InChI=1S/C31H33BrCl2N2O3/c1-21-16-25(13-14-26(21)32)39-20-30(37)36(19-23-12-15-27(33)28(34)17-23)29(18-22-8-4-2-5-9-22)31(38)35-24-10-6-3-7-11-24/h2,4-5,8-9,12-17,24,29H,3,6-7,10-11,18-20H2,1H3,(H,35,38)/t29-/m0/s1. The fraction of sp³-hybridized carbons (Fsp3) is 0.355. The van der Waals surface area contributed by atoms with E-state index in [1.807, 2.05) is 61.5 Å². The summed E-state index contributed by atoms with van der Waals surface area (Å²) in [4.78, 5) is 29.2. The second-order valence-corrected chi connectivity index (χ2v) is 11.7. The zero-order valence-electron chi connectivity index (χ0n) is 22.0. The Labute approximate surface area is 249 Å². The predicted molar refractivity (Wildman–Crippen MR) is 160 cm³/mol. The van der Waals surface area contributed by atoms with E-state index >= 15 is 0 Å². The van der Waals surface area contributed by atoms with E-state index in [-0.39, 0.29) is 31.0 Å². The van der Waals surface area contributed by atoms with Crippen LogP contribution in [0.5, 0.6) is 5.75 Å². The number of aryl methyl sites for hydroxylation is 1. The number of carbonyl (C=O) groups is 2. The molecule has 39 heavy (non-hydrogen) atoms. The van der Waals surface area contributed by atoms with E-state index in [9.17, 15) is 9.59 Å². The number of carbonyl (C=O) groups excluding carboxylic acids is 2. The Hall–Kier alpha value is -2.54. The summed E-state index contributed by atoms with van der Waals surface area (Å²) in [5.41, 5.74) is 2.75. The van der Waals surface area contributed by atoms with Gasteiger partial charge in [-0.25, -0.2) is 0 Å². The fourth-order valence-electron chi connectivity index (χ4n) is 4.87. The van der Waals surface area contributed by atoms with Crippen molar-refractivity contribution in [1.82, 2.24) is 10.2 Å². The van der Waals surface area contributed by atoms with Gasteiger partial charge in [0.2, 0.25) is 5.91 Å². The molecular weight excluding hydrogens is 599 g/mol. The molecule has 1 fully saturated rings. The smallest absolute Gasteiger partial charge is 0.261 e. The molecule has 0 aliphatic heterocycles. The third kappa shape index (κ3) is 8.47. The summed E-state index contributed by atoms with van der Waals surface area (Å²) >= 11 is 15.9. The molecule has 8 heteroatoms. The number of nitrogens with one attached hydrogen (secondary N) is 1. The van der Waals surface area contributed by atoms with Gasteiger partial charge in [0, 0.05) is 23.5 Å². The molecule has 2 amide bonds. The van der Waals surface area contributed by atoms with Gasteiger partial charge in [-0.05, 0) is 66.8 Å². The lowest BCUT2D eigenvalue weighted by atomic mass is 9.94. The molecule has 0 spiro atoms. The minimum atomic E-state index is -0.730. The normalized spacial score (nSPS) is 14.5. The average molecular weight is 632 g/mol. The molecule has 4 rings (SSSR count). The van der Waals surface area contributed by atoms with Crippen LogP contribution in [0.15, 0.2) is 71.2 Å². The number of hydrogen-bond acceptors (Lipinski definition) is 3. The van der Waals surface area contributed by atoms with Crippen LogP contribution in [0.3, 0.4) is 0 Å². The molecule has 1 N–H and O–H groups in total. The van der Waals surface area contributed by atoms with Gasteiger partial charge in [0.15, 0.2) is 6.61 Å². The molecule has 206 valence electrons. The van der Waals surface area contributed by atoms with Gasteiger partial charge in [-0.15, -0.1) is 0 Å². The highest BCUT2D eigenvalue weighted by atomic mass is 79.9. The summed E-state index contributed by atoms with van der Waals surface area (Å²) in [6.45, 7) is 1.94. The van der Waals surface area contributed by atoms with Crippen LogP contribution in [-0.4, -0.2) is 35.4 Å². The van der Waals surface area contributed by atoms with E-state index in [0.717, 1.165) is 46.8 Å². The molecule has 0 aromatic heterocycles. The van der Waals surface area contributed by atoms with Crippen molar-refractivity contribution in [3.8, 4) is 5.75 Å². The van der Waals surface area contributed by atoms with Crippen molar-refractivity contribution in [2.45, 2.75) is 64.1 Å². The Balaban J connectivity index is 1.63. The van der Waals surface area contributed by atoms with Crippen LogP contribution < -0.4 is 10.1 Å². The number of hydrogen-bond donors (Lipinski definition) is 1. The lowest BCUT2D eigenvalue weighted by Crippen LogP contribution is -2.53. The second kappa shape index (κ2) is 14.2. The molecular formula is C31H33BrCl2N2O3. The number of halogens is 3. The van der Waals surface area contributed by atoms with Crippen LogP contribution in [-0.2, 0) is 22.6 Å². The first-order valence-electron chi connectivity index (χ1n) is 13.3. The lowest BCUT2D eigenvalue weighted by molar-refractivity contribution is -0.143. The number of rotatable bonds is 10. The summed E-state index contributed by atoms with van der Waals surface area (Å²) in [5.74, 6) is 0.143. The Kier molecular flexibility index (Phi) is 10.7. The van der Waals surface area contributed by atoms with Gasteiger partial charge in [0.05, 0.1) is 10.0 Å². The Morgan fingerprint density at radius 2 is 1.72 bits per heavy atom. The third-order valence-electron chi connectivity index (χ3n) is 7.05. The molecule has 1 aliphatic rings. The van der Waals surface area contributed by atoms with Gasteiger partial charge < -0.3 is 15.0 Å². The lowest BCUT2D eigenvalue weighted by Gasteiger charge is -2.33. The van der Waals surface area contributed by atoms with E-state index in [1.165, 1.54) is 6.42 Å². The summed E-state index contributed by atoms with van der Waals surface area (Å²) in [6, 6.07) is 20.0. The highest BCUT2D eigenvalue weighted by molar-refractivity contribution is 9.10. The van der Waals surface area contributed by atoms with Gasteiger partial charge in [0.1, 0.15) is 11.8 Å². The maximum atomic E-state index is 13.8. The van der Waals surface area contributed by atoms with Gasteiger partial charge in [-0.2, -0.15) is 0 Å². The van der Waals surface area contributed by atoms with Crippen molar-refractivity contribution < 1.29 is 14.3 Å². The Morgan fingerprint density at radius 3 is 2.41 bits per heavy atom. The largest absolute Gasteiger partial charge is 0.484 e. The SMILES string of the molecule is Cc1cc(OCC(=O)N(Cc2ccc(Cl)c(Cl)c2)[C@@H](Cc2ccccc2)C(=O)NC2CCCCC2)ccc1Br. The maximum Gasteiger partial charge on any atom is 0.261 e. The molecule has 5 nitrogen and oxygen atoms in total. The van der Waals surface area contributed by atoms with Gasteiger partial charge in [0.25, 0.3) is 5.91 Å². The van der Waals surface area contributed by atoms with E-state index in [1.54, 1.807) is 17.0 Å². The number of ether oxygens (including phenoxy) is 1.